The van der Waals surface area contributed by atoms with Crippen LogP contribution in [0.2, 0.25) is 0 Å². The molecule has 0 radical (unpaired) electrons. The summed E-state index contributed by atoms with van der Waals surface area (Å²) in [5.74, 6) is -0.678. The number of carbonyl (C=O) groups is 1. The Balaban J connectivity index is 1.38. The van der Waals surface area contributed by atoms with Gasteiger partial charge in [0.2, 0.25) is 15.9 Å². The molecular weight excluding hydrogens is 411 g/mol. The van der Waals surface area contributed by atoms with E-state index < -0.39 is 16.0 Å². The van der Waals surface area contributed by atoms with Crippen LogP contribution in [0.15, 0.2) is 64.1 Å². The number of esters is 1. The van der Waals surface area contributed by atoms with E-state index in [4.69, 9.17) is 9.15 Å². The summed E-state index contributed by atoms with van der Waals surface area (Å²) in [7, 11) is -3.53. The number of rotatable bonds is 6. The molecule has 1 aromatic heterocycles. The lowest BCUT2D eigenvalue weighted by Gasteiger charge is -2.15. The van der Waals surface area contributed by atoms with E-state index in [0.29, 0.717) is 24.3 Å². The minimum atomic E-state index is -3.53. The first-order valence-corrected chi connectivity index (χ1v) is 10.9. The van der Waals surface area contributed by atoms with Crippen molar-refractivity contribution in [2.24, 2.45) is 0 Å². The first-order valence-electron chi connectivity index (χ1n) is 9.41. The lowest BCUT2D eigenvalue weighted by atomic mass is 10.2. The van der Waals surface area contributed by atoms with E-state index in [9.17, 15) is 17.6 Å². The number of hydrogen-bond donors (Lipinski definition) is 0. The Bertz CT molecular complexity index is 1130. The quantitative estimate of drug-likeness (QED) is 0.555. The highest BCUT2D eigenvalue weighted by atomic mass is 32.2. The van der Waals surface area contributed by atoms with Crippen LogP contribution in [0.1, 0.15) is 28.9 Å². The smallest absolute Gasteiger partial charge is 0.338 e. The SMILES string of the molecule is O=C(OCc1coc(-c2ccc(F)cc2)n1)c1ccc(S(=O)(=O)N2CCCC2)cc1. The van der Waals surface area contributed by atoms with Crippen LogP contribution in [0.5, 0.6) is 0 Å². The van der Waals surface area contributed by atoms with Gasteiger partial charge in [-0.15, -0.1) is 0 Å². The molecule has 156 valence electrons. The second kappa shape index (κ2) is 8.37. The van der Waals surface area contributed by atoms with Crippen LogP contribution in [-0.2, 0) is 21.4 Å². The molecule has 4 rings (SSSR count). The monoisotopic (exact) mass is 430 g/mol. The maximum absolute atomic E-state index is 13.0. The standard InChI is InChI=1S/C21H19FN2O5S/c22-17-7-3-15(4-8-17)20-23-18(13-28-20)14-29-21(25)16-5-9-19(10-6-16)30(26,27)24-11-1-2-12-24/h3-10,13H,1-2,11-12,14H2. The van der Waals surface area contributed by atoms with Crippen molar-refractivity contribution in [2.75, 3.05) is 13.1 Å². The third-order valence-electron chi connectivity index (χ3n) is 4.79. The van der Waals surface area contributed by atoms with Crippen LogP contribution in [0.4, 0.5) is 4.39 Å². The van der Waals surface area contributed by atoms with Gasteiger partial charge in [-0.3, -0.25) is 0 Å². The van der Waals surface area contributed by atoms with E-state index in [1.807, 2.05) is 0 Å². The zero-order chi connectivity index (χ0) is 21.1. The van der Waals surface area contributed by atoms with Gasteiger partial charge in [0.1, 0.15) is 24.4 Å². The Morgan fingerprint density at radius 2 is 1.73 bits per heavy atom. The van der Waals surface area contributed by atoms with Crippen LogP contribution in [0.25, 0.3) is 11.5 Å². The molecule has 0 N–H and O–H groups in total. The molecule has 1 aliphatic rings. The second-order valence-electron chi connectivity index (χ2n) is 6.86. The van der Waals surface area contributed by atoms with E-state index in [2.05, 4.69) is 4.98 Å². The number of aromatic nitrogens is 1. The largest absolute Gasteiger partial charge is 0.455 e. The third-order valence-corrected chi connectivity index (χ3v) is 6.70. The lowest BCUT2D eigenvalue weighted by Crippen LogP contribution is -2.27. The highest BCUT2D eigenvalue weighted by Crippen LogP contribution is 2.22. The molecule has 0 bridgehead atoms. The molecule has 1 aliphatic heterocycles. The molecule has 9 heteroatoms. The summed E-state index contributed by atoms with van der Waals surface area (Å²) >= 11 is 0. The van der Waals surface area contributed by atoms with Crippen molar-refractivity contribution in [3.05, 3.63) is 71.9 Å². The Kier molecular flexibility index (Phi) is 5.65. The highest BCUT2D eigenvalue weighted by molar-refractivity contribution is 7.89. The molecule has 0 spiro atoms. The number of sulfonamides is 1. The maximum Gasteiger partial charge on any atom is 0.338 e. The van der Waals surface area contributed by atoms with Gasteiger partial charge in [0, 0.05) is 18.7 Å². The van der Waals surface area contributed by atoms with Crippen LogP contribution < -0.4 is 0 Å². The molecule has 0 aliphatic carbocycles. The van der Waals surface area contributed by atoms with Crippen molar-refractivity contribution >= 4 is 16.0 Å². The summed E-state index contributed by atoms with van der Waals surface area (Å²) in [6.07, 6.45) is 3.07. The maximum atomic E-state index is 13.0. The molecule has 2 aromatic carbocycles. The zero-order valence-corrected chi connectivity index (χ0v) is 16.8. The molecule has 1 saturated heterocycles. The van der Waals surface area contributed by atoms with Gasteiger partial charge in [-0.2, -0.15) is 4.31 Å². The number of ether oxygens (including phenoxy) is 1. The number of carbonyl (C=O) groups excluding carboxylic acids is 1. The average Bonchev–Trinajstić information content (AvgIpc) is 3.45. The zero-order valence-electron chi connectivity index (χ0n) is 16.0. The highest BCUT2D eigenvalue weighted by Gasteiger charge is 2.27. The number of nitrogens with zero attached hydrogens (tertiary/aromatic N) is 2. The van der Waals surface area contributed by atoms with Gasteiger partial charge in [-0.1, -0.05) is 0 Å². The Hall–Kier alpha value is -3.04. The van der Waals surface area contributed by atoms with Crippen LogP contribution in [0, 0.1) is 5.82 Å². The van der Waals surface area contributed by atoms with Crippen molar-refractivity contribution in [1.29, 1.82) is 0 Å². The fourth-order valence-electron chi connectivity index (χ4n) is 3.16. The van der Waals surface area contributed by atoms with Crippen LogP contribution in [-0.4, -0.2) is 36.8 Å². The first-order chi connectivity index (χ1) is 14.4. The molecule has 7 nitrogen and oxygen atoms in total. The summed E-state index contributed by atoms with van der Waals surface area (Å²) < 4.78 is 50.1. The number of oxazole rings is 1. The van der Waals surface area contributed by atoms with E-state index in [1.165, 1.54) is 59.1 Å². The summed E-state index contributed by atoms with van der Waals surface area (Å²) in [6, 6.07) is 11.3. The fourth-order valence-corrected chi connectivity index (χ4v) is 4.68. The minimum absolute atomic E-state index is 0.114. The third kappa shape index (κ3) is 4.27. The van der Waals surface area contributed by atoms with Crippen molar-refractivity contribution in [2.45, 2.75) is 24.3 Å². The van der Waals surface area contributed by atoms with Crippen molar-refractivity contribution in [1.82, 2.24) is 9.29 Å². The van der Waals surface area contributed by atoms with E-state index >= 15 is 0 Å². The van der Waals surface area contributed by atoms with Gasteiger partial charge in [0.05, 0.1) is 10.5 Å². The molecule has 0 amide bonds. The van der Waals surface area contributed by atoms with Gasteiger partial charge in [-0.25, -0.2) is 22.6 Å². The van der Waals surface area contributed by atoms with Gasteiger partial charge in [-0.05, 0) is 61.4 Å². The minimum Gasteiger partial charge on any atom is -0.455 e. The summed E-state index contributed by atoms with van der Waals surface area (Å²) in [6.45, 7) is 0.921. The molecule has 30 heavy (non-hydrogen) atoms. The van der Waals surface area contributed by atoms with Crippen molar-refractivity contribution < 1.29 is 26.8 Å². The summed E-state index contributed by atoms with van der Waals surface area (Å²) in [5, 5.41) is 0. The van der Waals surface area contributed by atoms with Gasteiger partial charge in [0.25, 0.3) is 0 Å². The predicted octanol–water partition coefficient (Wildman–Crippen LogP) is 3.62. The Morgan fingerprint density at radius 3 is 2.40 bits per heavy atom. The molecule has 3 aromatic rings. The molecule has 0 unspecified atom stereocenters. The number of hydrogen-bond acceptors (Lipinski definition) is 6. The predicted molar refractivity (Wildman–Crippen MR) is 105 cm³/mol. The Labute approximate surface area is 173 Å². The fraction of sp³-hybridized carbons (Fsp3) is 0.238. The van der Waals surface area contributed by atoms with E-state index in [-0.39, 0.29) is 28.8 Å². The molecule has 1 fully saturated rings. The van der Waals surface area contributed by atoms with E-state index in [1.54, 1.807) is 0 Å². The normalized spacial score (nSPS) is 14.7. The van der Waals surface area contributed by atoms with Crippen molar-refractivity contribution in [3.63, 3.8) is 0 Å². The van der Waals surface area contributed by atoms with Crippen LogP contribution >= 0.6 is 0 Å². The lowest BCUT2D eigenvalue weighted by molar-refractivity contribution is 0.0467. The molecule has 2 heterocycles. The number of benzene rings is 2. The topological polar surface area (TPSA) is 89.7 Å². The van der Waals surface area contributed by atoms with Crippen LogP contribution in [0.3, 0.4) is 0 Å². The molecule has 0 saturated carbocycles. The van der Waals surface area contributed by atoms with Gasteiger partial charge in [0.15, 0.2) is 0 Å². The van der Waals surface area contributed by atoms with Gasteiger partial charge >= 0.3 is 5.97 Å². The van der Waals surface area contributed by atoms with Gasteiger partial charge < -0.3 is 9.15 Å². The molecular formula is C21H19FN2O5S. The number of halogens is 1. The average molecular weight is 430 g/mol. The molecule has 0 atom stereocenters. The Morgan fingerprint density at radius 1 is 1.07 bits per heavy atom. The summed E-state index contributed by atoms with van der Waals surface area (Å²) in [4.78, 5) is 16.6. The first kappa shape index (κ1) is 20.2. The van der Waals surface area contributed by atoms with E-state index in [0.717, 1.165) is 12.8 Å². The van der Waals surface area contributed by atoms with Crippen molar-refractivity contribution in [3.8, 4) is 11.5 Å². The second-order valence-corrected chi connectivity index (χ2v) is 8.80. The summed E-state index contributed by atoms with van der Waals surface area (Å²) in [5.41, 5.74) is 1.23.